The van der Waals surface area contributed by atoms with Gasteiger partial charge in [-0.1, -0.05) is 6.07 Å². The molecule has 1 aromatic heterocycles. The second kappa shape index (κ2) is 6.74. The van der Waals surface area contributed by atoms with Crippen molar-refractivity contribution in [2.75, 3.05) is 0 Å². The molecule has 7 heteroatoms. The van der Waals surface area contributed by atoms with Crippen LogP contribution in [0.3, 0.4) is 0 Å². The van der Waals surface area contributed by atoms with E-state index >= 15 is 0 Å². The molecule has 0 aliphatic carbocycles. The summed E-state index contributed by atoms with van der Waals surface area (Å²) in [5, 5.41) is 4.11. The van der Waals surface area contributed by atoms with Crippen LogP contribution in [0.1, 0.15) is 27.7 Å². The summed E-state index contributed by atoms with van der Waals surface area (Å²) in [5.41, 5.74) is 0.528. The summed E-state index contributed by atoms with van der Waals surface area (Å²) >= 11 is 1.24. The van der Waals surface area contributed by atoms with E-state index in [2.05, 4.69) is 5.32 Å². The fourth-order valence-electron chi connectivity index (χ4n) is 1.80. The number of ketones is 1. The Kier molecular flexibility index (Phi) is 4.97. The van der Waals surface area contributed by atoms with Crippen LogP contribution in [0, 0.1) is 17.5 Å². The van der Waals surface area contributed by atoms with Gasteiger partial charge in [0.1, 0.15) is 0 Å². The molecule has 0 aliphatic heterocycles. The third kappa shape index (κ3) is 3.73. The highest BCUT2D eigenvalue weighted by molar-refractivity contribution is 7.12. The Bertz CT molecular complexity index is 728. The van der Waals surface area contributed by atoms with E-state index in [0.717, 1.165) is 12.1 Å². The number of carbonyl (C=O) groups is 2. The van der Waals surface area contributed by atoms with Crippen molar-refractivity contribution in [3.05, 3.63) is 57.0 Å². The van der Waals surface area contributed by atoms with E-state index in [4.69, 9.17) is 0 Å². The van der Waals surface area contributed by atoms with Crippen LogP contribution in [0.4, 0.5) is 13.2 Å². The van der Waals surface area contributed by atoms with Crippen LogP contribution in [-0.2, 0) is 17.8 Å². The molecule has 0 atom stereocenters. The summed E-state index contributed by atoms with van der Waals surface area (Å²) in [6.45, 7) is 1.19. The Balaban J connectivity index is 1.95. The third-order valence-electron chi connectivity index (χ3n) is 2.96. The monoisotopic (exact) mass is 327 g/mol. The summed E-state index contributed by atoms with van der Waals surface area (Å²) in [6.07, 6.45) is 0.0229. The van der Waals surface area contributed by atoms with Crippen LogP contribution in [-0.4, -0.2) is 11.7 Å². The molecule has 0 saturated heterocycles. The van der Waals surface area contributed by atoms with Gasteiger partial charge < -0.3 is 5.32 Å². The summed E-state index contributed by atoms with van der Waals surface area (Å²) in [5.74, 6) is -4.63. The van der Waals surface area contributed by atoms with E-state index < -0.39 is 23.4 Å². The highest BCUT2D eigenvalue weighted by atomic mass is 32.1. The molecule has 1 N–H and O–H groups in total. The predicted octanol–water partition coefficient (Wildman–Crippen LogP) is 3.23. The lowest BCUT2D eigenvalue weighted by Crippen LogP contribution is -2.25. The molecule has 0 fully saturated rings. The fourth-order valence-corrected chi connectivity index (χ4v) is 2.61. The zero-order valence-electron chi connectivity index (χ0n) is 11.6. The molecule has 0 spiro atoms. The first-order valence-corrected chi connectivity index (χ1v) is 7.24. The van der Waals surface area contributed by atoms with Crippen LogP contribution >= 0.6 is 11.3 Å². The molecule has 0 radical (unpaired) electrons. The fraction of sp³-hybridized carbons (Fsp3) is 0.200. The molecule has 2 aromatic rings. The van der Waals surface area contributed by atoms with Crippen LogP contribution < -0.4 is 5.32 Å². The molecule has 0 bridgehead atoms. The zero-order valence-corrected chi connectivity index (χ0v) is 12.4. The van der Waals surface area contributed by atoms with E-state index in [-0.39, 0.29) is 24.3 Å². The number of hydrogen-bond acceptors (Lipinski definition) is 3. The minimum Gasteiger partial charge on any atom is -0.352 e. The van der Waals surface area contributed by atoms with E-state index in [1.165, 1.54) is 18.3 Å². The van der Waals surface area contributed by atoms with Crippen LogP contribution in [0.2, 0.25) is 0 Å². The summed E-state index contributed by atoms with van der Waals surface area (Å²) < 4.78 is 39.3. The van der Waals surface area contributed by atoms with Gasteiger partial charge in [-0.3, -0.25) is 9.59 Å². The molecule has 1 heterocycles. The molecule has 1 amide bonds. The smallest absolute Gasteiger partial charge is 0.224 e. The van der Waals surface area contributed by atoms with Crippen molar-refractivity contribution in [2.45, 2.75) is 19.9 Å². The van der Waals surface area contributed by atoms with Gasteiger partial charge in [0.15, 0.2) is 23.2 Å². The second-order valence-electron chi connectivity index (χ2n) is 4.66. The number of rotatable bonds is 5. The van der Waals surface area contributed by atoms with E-state index in [1.807, 2.05) is 0 Å². The second-order valence-corrected chi connectivity index (χ2v) is 5.57. The molecule has 116 valence electrons. The Morgan fingerprint density at radius 3 is 2.55 bits per heavy atom. The SMILES string of the molecule is CC(=O)c1cc(CC(=O)NCc2ccc(F)c(F)c2F)cs1. The Morgan fingerprint density at radius 1 is 1.18 bits per heavy atom. The van der Waals surface area contributed by atoms with E-state index in [0.29, 0.717) is 10.4 Å². The molecule has 2 rings (SSSR count). The number of halogens is 3. The van der Waals surface area contributed by atoms with Gasteiger partial charge in [-0.2, -0.15) is 0 Å². The first-order chi connectivity index (χ1) is 10.4. The number of Topliss-reactive ketones (excluding diaryl/α,β-unsaturated/α-hetero) is 1. The average molecular weight is 327 g/mol. The van der Waals surface area contributed by atoms with Gasteiger partial charge in [0.25, 0.3) is 0 Å². The van der Waals surface area contributed by atoms with Crippen molar-refractivity contribution in [1.82, 2.24) is 5.32 Å². The molecule has 3 nitrogen and oxygen atoms in total. The molecule has 0 saturated carbocycles. The summed E-state index contributed by atoms with van der Waals surface area (Å²) in [7, 11) is 0. The predicted molar refractivity (Wildman–Crippen MR) is 76.2 cm³/mol. The van der Waals surface area contributed by atoms with Gasteiger partial charge >= 0.3 is 0 Å². The van der Waals surface area contributed by atoms with E-state index in [9.17, 15) is 22.8 Å². The summed E-state index contributed by atoms with van der Waals surface area (Å²) in [6, 6.07) is 3.50. The number of amides is 1. The Morgan fingerprint density at radius 2 is 1.91 bits per heavy atom. The number of nitrogens with one attached hydrogen (secondary N) is 1. The molecule has 1 aromatic carbocycles. The van der Waals surface area contributed by atoms with Gasteiger partial charge in [-0.15, -0.1) is 11.3 Å². The third-order valence-corrected chi connectivity index (χ3v) is 4.04. The summed E-state index contributed by atoms with van der Waals surface area (Å²) in [4.78, 5) is 23.5. The molecule has 22 heavy (non-hydrogen) atoms. The van der Waals surface area contributed by atoms with Crippen molar-refractivity contribution in [3.63, 3.8) is 0 Å². The molecule has 0 unspecified atom stereocenters. The highest BCUT2D eigenvalue weighted by Gasteiger charge is 2.14. The van der Waals surface area contributed by atoms with Crippen LogP contribution in [0.5, 0.6) is 0 Å². The maximum atomic E-state index is 13.4. The largest absolute Gasteiger partial charge is 0.352 e. The zero-order chi connectivity index (χ0) is 16.3. The van der Waals surface area contributed by atoms with Gasteiger partial charge in [0, 0.05) is 12.1 Å². The van der Waals surface area contributed by atoms with Crippen LogP contribution in [0.25, 0.3) is 0 Å². The highest BCUT2D eigenvalue weighted by Crippen LogP contribution is 2.17. The minimum absolute atomic E-state index is 0.0229. The Labute approximate surface area is 128 Å². The van der Waals surface area contributed by atoms with Gasteiger partial charge in [-0.05, 0) is 30.0 Å². The van der Waals surface area contributed by atoms with Crippen molar-refractivity contribution in [3.8, 4) is 0 Å². The number of hydrogen-bond donors (Lipinski definition) is 1. The Hall–Kier alpha value is -2.15. The minimum atomic E-state index is -1.56. The molecular weight excluding hydrogens is 315 g/mol. The van der Waals surface area contributed by atoms with Gasteiger partial charge in [-0.25, -0.2) is 13.2 Å². The normalized spacial score (nSPS) is 10.5. The topological polar surface area (TPSA) is 46.2 Å². The maximum Gasteiger partial charge on any atom is 0.224 e. The molecule has 0 aliphatic rings. The lowest BCUT2D eigenvalue weighted by molar-refractivity contribution is -0.120. The first kappa shape index (κ1) is 16.2. The average Bonchev–Trinajstić information content (AvgIpc) is 2.93. The quantitative estimate of drug-likeness (QED) is 0.677. The number of thiophene rings is 1. The lowest BCUT2D eigenvalue weighted by Gasteiger charge is -2.06. The van der Waals surface area contributed by atoms with Crippen LogP contribution in [0.15, 0.2) is 23.6 Å². The van der Waals surface area contributed by atoms with Crippen molar-refractivity contribution >= 4 is 23.0 Å². The number of benzene rings is 1. The lowest BCUT2D eigenvalue weighted by atomic mass is 10.1. The molecular formula is C15H12F3NO2S. The maximum absolute atomic E-state index is 13.4. The standard InChI is InChI=1S/C15H12F3NO2S/c1-8(20)12-4-9(7-22-12)5-13(21)19-6-10-2-3-11(16)15(18)14(10)17/h2-4,7H,5-6H2,1H3,(H,19,21). The van der Waals surface area contributed by atoms with Gasteiger partial charge in [0.05, 0.1) is 11.3 Å². The van der Waals surface area contributed by atoms with Crippen molar-refractivity contribution < 1.29 is 22.8 Å². The van der Waals surface area contributed by atoms with Gasteiger partial charge in [0.2, 0.25) is 5.91 Å². The van der Waals surface area contributed by atoms with E-state index in [1.54, 1.807) is 11.4 Å². The van der Waals surface area contributed by atoms with Crippen molar-refractivity contribution in [1.29, 1.82) is 0 Å². The first-order valence-electron chi connectivity index (χ1n) is 6.36. The van der Waals surface area contributed by atoms with Crippen molar-refractivity contribution in [2.24, 2.45) is 0 Å². The number of carbonyl (C=O) groups excluding carboxylic acids is 2.